The maximum absolute atomic E-state index is 9.01. The van der Waals surface area contributed by atoms with Gasteiger partial charge in [0.05, 0.1) is 19.3 Å². The minimum Gasteiger partial charge on any atom is -0.377 e. The fourth-order valence-electron chi connectivity index (χ4n) is 0.642. The molecule has 0 radical (unpaired) electrons. The molecule has 0 aromatic rings. The van der Waals surface area contributed by atoms with Gasteiger partial charge in [0, 0.05) is 6.42 Å². The molecule has 1 atom stereocenters. The average Bonchev–Trinajstić information content (AvgIpc) is 2.17. The van der Waals surface area contributed by atoms with Gasteiger partial charge in [-0.2, -0.15) is 5.26 Å². The van der Waals surface area contributed by atoms with Crippen molar-refractivity contribution < 1.29 is 9.84 Å². The van der Waals surface area contributed by atoms with E-state index in [0.29, 0.717) is 13.0 Å². The second-order valence-electron chi connectivity index (χ2n) is 1.95. The molecule has 0 amide bonds. The van der Waals surface area contributed by atoms with Gasteiger partial charge in [-0.25, -0.2) is 0 Å². The number of hydrogen-bond donors (Lipinski definition) is 1. The zero-order valence-electron chi connectivity index (χ0n) is 4.42. The van der Waals surface area contributed by atoms with Crippen molar-refractivity contribution >= 4 is 0 Å². The Hall–Kier alpha value is -0.590. The average molecular weight is 113 g/mol. The van der Waals surface area contributed by atoms with E-state index < -0.39 is 5.60 Å². The number of hydrogen-bond acceptors (Lipinski definition) is 3. The Bertz CT molecular complexity index is 121. The summed E-state index contributed by atoms with van der Waals surface area (Å²) in [6, 6.07) is 1.77. The zero-order chi connectivity index (χ0) is 6.04. The molecule has 1 aliphatic rings. The first kappa shape index (κ1) is 5.54. The number of nitriles is 1. The van der Waals surface area contributed by atoms with Crippen LogP contribution in [0.25, 0.3) is 0 Å². The van der Waals surface area contributed by atoms with Crippen LogP contribution in [0.5, 0.6) is 0 Å². The van der Waals surface area contributed by atoms with Gasteiger partial charge in [-0.1, -0.05) is 0 Å². The Morgan fingerprint density at radius 3 is 2.75 bits per heavy atom. The minimum atomic E-state index is -1.18. The van der Waals surface area contributed by atoms with Crippen LogP contribution < -0.4 is 0 Å². The van der Waals surface area contributed by atoms with Crippen molar-refractivity contribution in [1.82, 2.24) is 0 Å². The third-order valence-electron chi connectivity index (χ3n) is 1.21. The Balaban J connectivity index is 2.56. The van der Waals surface area contributed by atoms with Crippen LogP contribution in [0.4, 0.5) is 0 Å². The van der Waals surface area contributed by atoms with Crippen LogP contribution in [0.1, 0.15) is 6.42 Å². The van der Waals surface area contributed by atoms with E-state index in [9.17, 15) is 0 Å². The van der Waals surface area contributed by atoms with Gasteiger partial charge < -0.3 is 9.84 Å². The van der Waals surface area contributed by atoms with Crippen LogP contribution in [0.2, 0.25) is 0 Å². The van der Waals surface area contributed by atoms with Crippen molar-refractivity contribution in [2.45, 2.75) is 12.0 Å². The van der Waals surface area contributed by atoms with Gasteiger partial charge >= 0.3 is 0 Å². The van der Waals surface area contributed by atoms with E-state index in [1.807, 2.05) is 0 Å². The first-order valence-corrected chi connectivity index (χ1v) is 2.48. The molecule has 0 spiro atoms. The summed E-state index contributed by atoms with van der Waals surface area (Å²) in [4.78, 5) is 0. The summed E-state index contributed by atoms with van der Waals surface area (Å²) < 4.78 is 4.78. The molecule has 8 heavy (non-hydrogen) atoms. The molecule has 0 saturated carbocycles. The highest BCUT2D eigenvalue weighted by atomic mass is 16.5. The standard InChI is InChI=1S/C5H7NO2/c6-3-5(7)1-2-8-4-5/h7H,1-2,4H2. The Kier molecular flexibility index (Phi) is 1.20. The van der Waals surface area contributed by atoms with Gasteiger partial charge in [0.15, 0.2) is 5.60 Å². The molecule has 3 nitrogen and oxygen atoms in total. The Morgan fingerprint density at radius 2 is 2.50 bits per heavy atom. The molecular weight excluding hydrogens is 106 g/mol. The summed E-state index contributed by atoms with van der Waals surface area (Å²) in [6.07, 6.45) is 0.448. The lowest BCUT2D eigenvalue weighted by Gasteiger charge is -2.06. The lowest BCUT2D eigenvalue weighted by Crippen LogP contribution is -2.25. The SMILES string of the molecule is N#CC1(O)CCOC1. The van der Waals surface area contributed by atoms with Crippen LogP contribution in [-0.4, -0.2) is 23.9 Å². The van der Waals surface area contributed by atoms with E-state index in [1.165, 1.54) is 0 Å². The van der Waals surface area contributed by atoms with Crippen LogP contribution in [0.15, 0.2) is 0 Å². The van der Waals surface area contributed by atoms with Crippen molar-refractivity contribution in [3.63, 3.8) is 0 Å². The molecule has 3 heteroatoms. The van der Waals surface area contributed by atoms with E-state index in [2.05, 4.69) is 0 Å². The smallest absolute Gasteiger partial charge is 0.176 e. The van der Waals surface area contributed by atoms with Gasteiger partial charge in [0.1, 0.15) is 0 Å². The maximum atomic E-state index is 9.01. The van der Waals surface area contributed by atoms with Crippen molar-refractivity contribution in [2.24, 2.45) is 0 Å². The molecule has 1 unspecified atom stereocenters. The van der Waals surface area contributed by atoms with Crippen LogP contribution in [-0.2, 0) is 4.74 Å². The van der Waals surface area contributed by atoms with E-state index in [0.717, 1.165) is 0 Å². The monoisotopic (exact) mass is 113 g/mol. The largest absolute Gasteiger partial charge is 0.377 e. The van der Waals surface area contributed by atoms with E-state index >= 15 is 0 Å². The molecule has 0 bridgehead atoms. The quantitative estimate of drug-likeness (QED) is 0.437. The maximum Gasteiger partial charge on any atom is 0.176 e. The number of ether oxygens (including phenoxy) is 1. The van der Waals surface area contributed by atoms with Gasteiger partial charge in [-0.3, -0.25) is 0 Å². The summed E-state index contributed by atoms with van der Waals surface area (Å²) in [7, 11) is 0. The molecule has 1 N–H and O–H groups in total. The lowest BCUT2D eigenvalue weighted by molar-refractivity contribution is 0.0747. The highest BCUT2D eigenvalue weighted by molar-refractivity contribution is 5.02. The van der Waals surface area contributed by atoms with Crippen LogP contribution in [0, 0.1) is 11.3 Å². The van der Waals surface area contributed by atoms with Gasteiger partial charge in [-0.05, 0) is 0 Å². The molecular formula is C5H7NO2. The summed E-state index contributed by atoms with van der Waals surface area (Å²) in [5.41, 5.74) is -1.18. The van der Waals surface area contributed by atoms with E-state index in [4.69, 9.17) is 15.1 Å². The predicted octanol–water partition coefficient (Wildman–Crippen LogP) is -0.339. The topological polar surface area (TPSA) is 53.2 Å². The van der Waals surface area contributed by atoms with Crippen molar-refractivity contribution in [1.29, 1.82) is 5.26 Å². The second kappa shape index (κ2) is 1.73. The molecule has 1 fully saturated rings. The number of aliphatic hydroxyl groups is 1. The van der Waals surface area contributed by atoms with E-state index in [1.54, 1.807) is 6.07 Å². The molecule has 1 aliphatic heterocycles. The van der Waals surface area contributed by atoms with Gasteiger partial charge in [-0.15, -0.1) is 0 Å². The molecule has 1 heterocycles. The second-order valence-corrected chi connectivity index (χ2v) is 1.95. The fraction of sp³-hybridized carbons (Fsp3) is 0.800. The fourth-order valence-corrected chi connectivity index (χ4v) is 0.642. The third-order valence-corrected chi connectivity index (χ3v) is 1.21. The third kappa shape index (κ3) is 0.808. The number of rotatable bonds is 0. The van der Waals surface area contributed by atoms with Crippen LogP contribution in [0.3, 0.4) is 0 Å². The lowest BCUT2D eigenvalue weighted by atomic mass is 10.1. The number of nitrogens with zero attached hydrogens (tertiary/aromatic N) is 1. The molecule has 44 valence electrons. The predicted molar refractivity (Wildman–Crippen MR) is 26.0 cm³/mol. The Morgan fingerprint density at radius 1 is 1.75 bits per heavy atom. The van der Waals surface area contributed by atoms with Crippen molar-refractivity contribution in [3.8, 4) is 6.07 Å². The van der Waals surface area contributed by atoms with Gasteiger partial charge in [0.25, 0.3) is 0 Å². The molecule has 0 aromatic heterocycles. The van der Waals surface area contributed by atoms with Crippen molar-refractivity contribution in [2.75, 3.05) is 13.2 Å². The minimum absolute atomic E-state index is 0.170. The van der Waals surface area contributed by atoms with Crippen molar-refractivity contribution in [3.05, 3.63) is 0 Å². The van der Waals surface area contributed by atoms with Crippen LogP contribution >= 0.6 is 0 Å². The Labute approximate surface area is 47.5 Å². The summed E-state index contributed by atoms with van der Waals surface area (Å²) in [5, 5.41) is 17.3. The molecule has 1 rings (SSSR count). The molecule has 0 aromatic carbocycles. The summed E-state index contributed by atoms with van der Waals surface area (Å²) >= 11 is 0. The van der Waals surface area contributed by atoms with Gasteiger partial charge in [0.2, 0.25) is 0 Å². The molecule has 0 aliphatic carbocycles. The summed E-state index contributed by atoms with van der Waals surface area (Å²) in [6.45, 7) is 0.674. The van der Waals surface area contributed by atoms with E-state index in [-0.39, 0.29) is 6.61 Å². The highest BCUT2D eigenvalue weighted by Gasteiger charge is 2.31. The first-order chi connectivity index (χ1) is 3.77. The highest BCUT2D eigenvalue weighted by Crippen LogP contribution is 2.15. The first-order valence-electron chi connectivity index (χ1n) is 2.48. The normalized spacial score (nSPS) is 37.0. The zero-order valence-corrected chi connectivity index (χ0v) is 4.42. The summed E-state index contributed by atoms with van der Waals surface area (Å²) in [5.74, 6) is 0. The molecule has 1 saturated heterocycles.